The molecule has 0 bridgehead atoms. The van der Waals surface area contributed by atoms with Gasteiger partial charge in [-0.3, -0.25) is 0 Å². The van der Waals surface area contributed by atoms with Gasteiger partial charge in [-0.25, -0.2) is 13.4 Å². The first-order valence-electron chi connectivity index (χ1n) is 7.69. The Balaban J connectivity index is 2.13. The van der Waals surface area contributed by atoms with Crippen molar-refractivity contribution in [3.05, 3.63) is 35.5 Å². The van der Waals surface area contributed by atoms with Crippen molar-refractivity contribution in [1.29, 1.82) is 0 Å². The molecule has 0 radical (unpaired) electrons. The van der Waals surface area contributed by atoms with Crippen LogP contribution in [0, 0.1) is 0 Å². The average Bonchev–Trinajstić information content (AvgIpc) is 3.09. The Morgan fingerprint density at radius 1 is 1.12 bits per heavy atom. The van der Waals surface area contributed by atoms with Gasteiger partial charge in [0, 0.05) is 32.2 Å². The van der Waals surface area contributed by atoms with Gasteiger partial charge < -0.3 is 9.80 Å². The summed E-state index contributed by atoms with van der Waals surface area (Å²) in [6.07, 6.45) is 3.46. The number of rotatable bonds is 4. The van der Waals surface area contributed by atoms with Crippen molar-refractivity contribution >= 4 is 33.2 Å². The Bertz CT molecular complexity index is 832. The molecule has 8 heteroatoms. The van der Waals surface area contributed by atoms with Crippen molar-refractivity contribution in [3.8, 4) is 0 Å². The van der Waals surface area contributed by atoms with Gasteiger partial charge in [0.2, 0.25) is 15.8 Å². The summed E-state index contributed by atoms with van der Waals surface area (Å²) in [4.78, 5) is 12.8. The first-order valence-corrected chi connectivity index (χ1v) is 9.55. The Labute approximate surface area is 147 Å². The van der Waals surface area contributed by atoms with Crippen molar-refractivity contribution in [2.45, 2.75) is 22.6 Å². The lowest BCUT2D eigenvalue weighted by Gasteiger charge is -2.21. The molecule has 0 atom stereocenters. The molecule has 24 heavy (non-hydrogen) atoms. The fourth-order valence-electron chi connectivity index (χ4n) is 2.65. The quantitative estimate of drug-likeness (QED) is 0.828. The summed E-state index contributed by atoms with van der Waals surface area (Å²) in [5.41, 5.74) is 0. The third-order valence-corrected chi connectivity index (χ3v) is 5.95. The van der Waals surface area contributed by atoms with Crippen LogP contribution in [0.1, 0.15) is 12.8 Å². The first kappa shape index (κ1) is 17.0. The molecule has 6 nitrogen and oxygen atoms in total. The van der Waals surface area contributed by atoms with Crippen LogP contribution in [0.3, 0.4) is 0 Å². The first-order chi connectivity index (χ1) is 11.4. The average molecular weight is 367 g/mol. The van der Waals surface area contributed by atoms with Crippen molar-refractivity contribution in [3.63, 3.8) is 0 Å². The zero-order valence-electron chi connectivity index (χ0n) is 13.6. The topological polar surface area (TPSA) is 66.4 Å². The van der Waals surface area contributed by atoms with Crippen molar-refractivity contribution in [1.82, 2.24) is 9.97 Å². The number of hydrogen-bond donors (Lipinski definition) is 0. The van der Waals surface area contributed by atoms with Crippen LogP contribution in [-0.2, 0) is 9.84 Å². The molecule has 0 saturated carbocycles. The second-order valence-electron chi connectivity index (χ2n) is 5.90. The van der Waals surface area contributed by atoms with E-state index in [1.165, 1.54) is 18.3 Å². The van der Waals surface area contributed by atoms with Crippen LogP contribution < -0.4 is 9.80 Å². The highest BCUT2D eigenvalue weighted by Crippen LogP contribution is 2.31. The number of sulfone groups is 1. The third kappa shape index (κ3) is 3.18. The molecule has 1 aromatic heterocycles. The zero-order valence-corrected chi connectivity index (χ0v) is 15.2. The zero-order chi connectivity index (χ0) is 17.3. The minimum absolute atomic E-state index is 0.136. The van der Waals surface area contributed by atoms with E-state index in [9.17, 15) is 8.42 Å². The van der Waals surface area contributed by atoms with Crippen LogP contribution in [0.25, 0.3) is 0 Å². The van der Waals surface area contributed by atoms with E-state index >= 15 is 0 Å². The molecular weight excluding hydrogens is 348 g/mol. The molecule has 1 aliphatic rings. The van der Waals surface area contributed by atoms with Crippen LogP contribution in [0.2, 0.25) is 5.02 Å². The molecule has 2 aromatic rings. The lowest BCUT2D eigenvalue weighted by atomic mass is 10.4. The van der Waals surface area contributed by atoms with E-state index in [1.54, 1.807) is 17.0 Å². The molecule has 1 saturated heterocycles. The van der Waals surface area contributed by atoms with Gasteiger partial charge in [-0.2, -0.15) is 4.98 Å². The molecule has 0 spiro atoms. The van der Waals surface area contributed by atoms with Crippen LogP contribution in [0.15, 0.2) is 40.3 Å². The van der Waals surface area contributed by atoms with E-state index in [0.29, 0.717) is 16.8 Å². The van der Waals surface area contributed by atoms with Crippen LogP contribution >= 0.6 is 11.6 Å². The summed E-state index contributed by atoms with van der Waals surface area (Å²) in [5.74, 6) is 0.966. The van der Waals surface area contributed by atoms with Crippen LogP contribution in [-0.4, -0.2) is 45.6 Å². The molecule has 2 heterocycles. The van der Waals surface area contributed by atoms with Gasteiger partial charge in [-0.05, 0) is 37.1 Å². The predicted octanol–water partition coefficient (Wildman–Crippen LogP) is 2.63. The fraction of sp³-hybridized carbons (Fsp3) is 0.375. The summed E-state index contributed by atoms with van der Waals surface area (Å²) in [7, 11) is -0.0505. The normalized spacial score (nSPS) is 14.9. The monoisotopic (exact) mass is 366 g/mol. The maximum atomic E-state index is 13.0. The molecule has 128 valence electrons. The number of halogens is 1. The second kappa shape index (κ2) is 6.57. The number of aromatic nitrogens is 2. The molecular formula is C16H19ClN4O2S. The Hall–Kier alpha value is -1.86. The van der Waals surface area contributed by atoms with E-state index in [0.717, 1.165) is 25.9 Å². The molecule has 0 unspecified atom stereocenters. The van der Waals surface area contributed by atoms with E-state index in [4.69, 9.17) is 11.6 Å². The van der Waals surface area contributed by atoms with Crippen molar-refractivity contribution in [2.75, 3.05) is 37.0 Å². The highest BCUT2D eigenvalue weighted by Gasteiger charge is 2.28. The van der Waals surface area contributed by atoms with Crippen LogP contribution in [0.4, 0.5) is 11.8 Å². The predicted molar refractivity (Wildman–Crippen MR) is 94.7 cm³/mol. The van der Waals surface area contributed by atoms with E-state index < -0.39 is 9.84 Å². The molecule has 1 fully saturated rings. The van der Waals surface area contributed by atoms with Gasteiger partial charge in [0.25, 0.3) is 0 Å². The summed E-state index contributed by atoms with van der Waals surface area (Å²) < 4.78 is 26.1. The summed E-state index contributed by atoms with van der Waals surface area (Å²) >= 11 is 5.87. The van der Waals surface area contributed by atoms with Gasteiger partial charge >= 0.3 is 0 Å². The fourth-order valence-corrected chi connectivity index (χ4v) is 4.13. The molecule has 1 aromatic carbocycles. The van der Waals surface area contributed by atoms with E-state index in [-0.39, 0.29) is 9.79 Å². The van der Waals surface area contributed by atoms with E-state index in [2.05, 4.69) is 9.97 Å². The minimum Gasteiger partial charge on any atom is -0.355 e. The number of anilines is 2. The highest BCUT2D eigenvalue weighted by molar-refractivity contribution is 7.91. The summed E-state index contributed by atoms with van der Waals surface area (Å²) in [6.45, 7) is 1.60. The smallest absolute Gasteiger partial charge is 0.226 e. The highest BCUT2D eigenvalue weighted by atomic mass is 35.5. The largest absolute Gasteiger partial charge is 0.355 e. The Morgan fingerprint density at radius 2 is 1.75 bits per heavy atom. The van der Waals surface area contributed by atoms with Gasteiger partial charge in [0.1, 0.15) is 4.90 Å². The standard InChI is InChI=1S/C16H19ClN4O2S/c1-20(2)16-18-11-14(15(19-16)21-9-3-4-10-21)24(22,23)13-7-5-12(17)6-8-13/h5-8,11H,3-4,9-10H2,1-2H3. The molecule has 0 amide bonds. The van der Waals surface area contributed by atoms with Gasteiger partial charge in [-0.15, -0.1) is 0 Å². The molecule has 0 aliphatic carbocycles. The lowest BCUT2D eigenvalue weighted by molar-refractivity contribution is 0.594. The number of benzene rings is 1. The SMILES string of the molecule is CN(C)c1ncc(S(=O)(=O)c2ccc(Cl)cc2)c(N2CCCC2)n1. The van der Waals surface area contributed by atoms with E-state index in [1.807, 2.05) is 19.0 Å². The van der Waals surface area contributed by atoms with Crippen molar-refractivity contribution in [2.24, 2.45) is 0 Å². The van der Waals surface area contributed by atoms with Crippen molar-refractivity contribution < 1.29 is 8.42 Å². The molecule has 0 N–H and O–H groups in total. The van der Waals surface area contributed by atoms with Gasteiger partial charge in [0.05, 0.1) is 11.1 Å². The lowest BCUT2D eigenvalue weighted by Crippen LogP contribution is -2.24. The maximum absolute atomic E-state index is 13.0. The summed E-state index contributed by atoms with van der Waals surface area (Å²) in [6, 6.07) is 6.15. The van der Waals surface area contributed by atoms with Crippen LogP contribution in [0.5, 0.6) is 0 Å². The third-order valence-electron chi connectivity index (χ3n) is 3.94. The Morgan fingerprint density at radius 3 is 2.33 bits per heavy atom. The maximum Gasteiger partial charge on any atom is 0.226 e. The van der Waals surface area contributed by atoms with Gasteiger partial charge in [0.15, 0.2) is 5.82 Å². The second-order valence-corrected chi connectivity index (χ2v) is 8.26. The van der Waals surface area contributed by atoms with Gasteiger partial charge in [-0.1, -0.05) is 11.6 Å². The molecule has 3 rings (SSSR count). The minimum atomic E-state index is -3.71. The number of hydrogen-bond acceptors (Lipinski definition) is 6. The number of nitrogens with zero attached hydrogens (tertiary/aromatic N) is 4. The Kier molecular flexibility index (Phi) is 4.64. The summed E-state index contributed by atoms with van der Waals surface area (Å²) in [5, 5.41) is 0.493. The molecule has 1 aliphatic heterocycles.